The van der Waals surface area contributed by atoms with Crippen LogP contribution in [0.3, 0.4) is 0 Å². The Balaban J connectivity index is 1.65. The third-order valence-corrected chi connectivity index (χ3v) is 4.19. The van der Waals surface area contributed by atoms with Gasteiger partial charge in [0, 0.05) is 23.6 Å². The van der Waals surface area contributed by atoms with Crippen molar-refractivity contribution in [1.82, 2.24) is 14.9 Å². The fourth-order valence-corrected chi connectivity index (χ4v) is 2.73. The van der Waals surface area contributed by atoms with E-state index in [4.69, 9.17) is 0 Å². The van der Waals surface area contributed by atoms with Crippen LogP contribution in [0.15, 0.2) is 60.9 Å². The molecule has 7 heteroatoms. The van der Waals surface area contributed by atoms with Gasteiger partial charge < -0.3 is 14.6 Å². The fraction of sp³-hybridized carbons (Fsp3) is 0.200. The monoisotopic (exact) mass is 371 g/mol. The first kappa shape index (κ1) is 18.6. The SMILES string of the molecule is Cc1nccn1-c1ccc([C@@H](C)NC(=O)c2ccc(OC(F)F)cc2)cc1. The number of ether oxygens (including phenoxy) is 1. The second kappa shape index (κ2) is 7.99. The molecule has 0 saturated carbocycles. The van der Waals surface area contributed by atoms with E-state index >= 15 is 0 Å². The van der Waals surface area contributed by atoms with Gasteiger partial charge in [-0.15, -0.1) is 0 Å². The molecule has 3 rings (SSSR count). The van der Waals surface area contributed by atoms with Crippen molar-refractivity contribution < 1.29 is 18.3 Å². The van der Waals surface area contributed by atoms with E-state index in [1.807, 2.05) is 48.9 Å². The Hall–Kier alpha value is -3.22. The molecule has 5 nitrogen and oxygen atoms in total. The van der Waals surface area contributed by atoms with Crippen molar-refractivity contribution in [2.75, 3.05) is 0 Å². The number of rotatable bonds is 6. The Kier molecular flexibility index (Phi) is 5.49. The van der Waals surface area contributed by atoms with Crippen LogP contribution in [0, 0.1) is 6.92 Å². The summed E-state index contributed by atoms with van der Waals surface area (Å²) in [5.74, 6) is 0.615. The van der Waals surface area contributed by atoms with E-state index in [1.165, 1.54) is 24.3 Å². The van der Waals surface area contributed by atoms with Gasteiger partial charge in [0.2, 0.25) is 0 Å². The predicted octanol–water partition coefficient (Wildman–Crippen LogP) is 4.27. The second-order valence-electron chi connectivity index (χ2n) is 6.03. The number of benzene rings is 2. The molecule has 3 aromatic rings. The van der Waals surface area contributed by atoms with Gasteiger partial charge in [-0.1, -0.05) is 12.1 Å². The van der Waals surface area contributed by atoms with Gasteiger partial charge in [0.25, 0.3) is 5.91 Å². The third-order valence-electron chi connectivity index (χ3n) is 4.19. The summed E-state index contributed by atoms with van der Waals surface area (Å²) >= 11 is 0. The fourth-order valence-electron chi connectivity index (χ4n) is 2.73. The smallest absolute Gasteiger partial charge is 0.387 e. The number of aromatic nitrogens is 2. The van der Waals surface area contributed by atoms with E-state index in [1.54, 1.807) is 6.20 Å². The molecule has 0 aliphatic carbocycles. The van der Waals surface area contributed by atoms with Crippen molar-refractivity contribution in [3.05, 3.63) is 77.9 Å². The number of hydrogen-bond donors (Lipinski definition) is 1. The zero-order valence-corrected chi connectivity index (χ0v) is 14.9. The number of amides is 1. The zero-order chi connectivity index (χ0) is 19.4. The van der Waals surface area contributed by atoms with Crippen molar-refractivity contribution in [3.8, 4) is 11.4 Å². The van der Waals surface area contributed by atoms with Gasteiger partial charge in [0.15, 0.2) is 0 Å². The Morgan fingerprint density at radius 2 is 1.78 bits per heavy atom. The first-order valence-electron chi connectivity index (χ1n) is 8.40. The lowest BCUT2D eigenvalue weighted by Crippen LogP contribution is -2.26. The molecule has 1 heterocycles. The number of nitrogens with zero attached hydrogens (tertiary/aromatic N) is 2. The highest BCUT2D eigenvalue weighted by Gasteiger charge is 2.13. The van der Waals surface area contributed by atoms with Crippen LogP contribution in [0.2, 0.25) is 0 Å². The summed E-state index contributed by atoms with van der Waals surface area (Å²) in [5, 5.41) is 2.89. The normalized spacial score (nSPS) is 12.0. The van der Waals surface area contributed by atoms with Crippen LogP contribution >= 0.6 is 0 Å². The van der Waals surface area contributed by atoms with Gasteiger partial charge in [-0.2, -0.15) is 8.78 Å². The summed E-state index contributed by atoms with van der Waals surface area (Å²) in [4.78, 5) is 16.5. The van der Waals surface area contributed by atoms with Crippen LogP contribution in [-0.2, 0) is 0 Å². The molecule has 0 aliphatic rings. The molecule has 0 aliphatic heterocycles. The lowest BCUT2D eigenvalue weighted by Gasteiger charge is -2.15. The predicted molar refractivity (Wildman–Crippen MR) is 97.3 cm³/mol. The lowest BCUT2D eigenvalue weighted by atomic mass is 10.1. The van der Waals surface area contributed by atoms with Gasteiger partial charge in [-0.05, 0) is 55.8 Å². The third kappa shape index (κ3) is 4.49. The molecule has 0 fully saturated rings. The number of alkyl halides is 2. The van der Waals surface area contributed by atoms with Crippen LogP contribution in [0.4, 0.5) is 8.78 Å². The maximum Gasteiger partial charge on any atom is 0.387 e. The van der Waals surface area contributed by atoms with Crippen molar-refractivity contribution in [1.29, 1.82) is 0 Å². The van der Waals surface area contributed by atoms with Gasteiger partial charge in [0.1, 0.15) is 11.6 Å². The topological polar surface area (TPSA) is 56.2 Å². The summed E-state index contributed by atoms with van der Waals surface area (Å²) in [7, 11) is 0. The average Bonchev–Trinajstić information content (AvgIpc) is 3.08. The van der Waals surface area contributed by atoms with Crippen molar-refractivity contribution in [2.45, 2.75) is 26.5 Å². The number of imidazole rings is 1. The first-order valence-corrected chi connectivity index (χ1v) is 8.40. The molecular formula is C20H19F2N3O2. The van der Waals surface area contributed by atoms with Gasteiger partial charge >= 0.3 is 6.61 Å². The largest absolute Gasteiger partial charge is 0.435 e. The van der Waals surface area contributed by atoms with Crippen molar-refractivity contribution in [3.63, 3.8) is 0 Å². The zero-order valence-electron chi connectivity index (χ0n) is 14.9. The Morgan fingerprint density at radius 3 is 2.33 bits per heavy atom. The molecule has 0 unspecified atom stereocenters. The first-order chi connectivity index (χ1) is 12.9. The molecule has 140 valence electrons. The Labute approximate surface area is 155 Å². The molecular weight excluding hydrogens is 352 g/mol. The minimum Gasteiger partial charge on any atom is -0.435 e. The molecule has 0 radical (unpaired) electrons. The van der Waals surface area contributed by atoms with Crippen LogP contribution < -0.4 is 10.1 Å². The van der Waals surface area contributed by atoms with Gasteiger partial charge in [0.05, 0.1) is 6.04 Å². The number of carbonyl (C=O) groups is 1. The highest BCUT2D eigenvalue weighted by atomic mass is 19.3. The minimum atomic E-state index is -2.89. The van der Waals surface area contributed by atoms with Crippen LogP contribution in [0.25, 0.3) is 5.69 Å². The van der Waals surface area contributed by atoms with Crippen LogP contribution in [0.1, 0.15) is 34.7 Å². The summed E-state index contributed by atoms with van der Waals surface area (Å²) < 4.78 is 30.6. The molecule has 0 saturated heterocycles. The molecule has 0 bridgehead atoms. The van der Waals surface area contributed by atoms with E-state index in [9.17, 15) is 13.6 Å². The maximum absolute atomic E-state index is 12.3. The molecule has 27 heavy (non-hydrogen) atoms. The Morgan fingerprint density at radius 1 is 1.11 bits per heavy atom. The molecule has 1 aromatic heterocycles. The number of carbonyl (C=O) groups excluding carboxylic acids is 1. The molecule has 2 aromatic carbocycles. The molecule has 1 atom stereocenters. The van der Waals surface area contributed by atoms with Crippen molar-refractivity contribution >= 4 is 5.91 Å². The molecule has 0 spiro atoms. The number of hydrogen-bond acceptors (Lipinski definition) is 3. The highest BCUT2D eigenvalue weighted by Crippen LogP contribution is 2.19. The van der Waals surface area contributed by atoms with E-state index in [2.05, 4.69) is 15.0 Å². The number of halogens is 2. The molecule has 1 amide bonds. The van der Waals surface area contributed by atoms with Crippen LogP contribution in [0.5, 0.6) is 5.75 Å². The minimum absolute atomic E-state index is 0.0139. The summed E-state index contributed by atoms with van der Waals surface area (Å²) in [6.07, 6.45) is 3.63. The standard InChI is InChI=1S/C20H19F2N3O2/c1-13(15-3-7-17(8-4-15)25-12-11-23-14(25)2)24-19(26)16-5-9-18(10-6-16)27-20(21)22/h3-13,20H,1-2H3,(H,24,26)/t13-/m1/s1. The second-order valence-corrected chi connectivity index (χ2v) is 6.03. The summed E-state index contributed by atoms with van der Waals surface area (Å²) in [6, 6.07) is 13.2. The van der Waals surface area contributed by atoms with Crippen molar-refractivity contribution in [2.24, 2.45) is 0 Å². The lowest BCUT2D eigenvalue weighted by molar-refractivity contribution is -0.0498. The van der Waals surface area contributed by atoms with E-state index in [0.717, 1.165) is 17.1 Å². The molecule has 1 N–H and O–H groups in total. The maximum atomic E-state index is 12.3. The summed E-state index contributed by atoms with van der Waals surface area (Å²) in [5.41, 5.74) is 2.30. The summed E-state index contributed by atoms with van der Waals surface area (Å²) in [6.45, 7) is 0.914. The van der Waals surface area contributed by atoms with Crippen LogP contribution in [-0.4, -0.2) is 22.1 Å². The van der Waals surface area contributed by atoms with E-state index in [-0.39, 0.29) is 17.7 Å². The highest BCUT2D eigenvalue weighted by molar-refractivity contribution is 5.94. The van der Waals surface area contributed by atoms with Gasteiger partial charge in [-0.25, -0.2) is 4.98 Å². The van der Waals surface area contributed by atoms with Gasteiger partial charge in [-0.3, -0.25) is 4.79 Å². The number of aryl methyl sites for hydroxylation is 1. The quantitative estimate of drug-likeness (QED) is 0.704. The number of nitrogens with one attached hydrogen (secondary N) is 1. The van der Waals surface area contributed by atoms with E-state index < -0.39 is 6.61 Å². The Bertz CT molecular complexity index is 906. The average molecular weight is 371 g/mol. The van der Waals surface area contributed by atoms with E-state index in [0.29, 0.717) is 5.56 Å².